The molecule has 1 rings (SSSR count). The maximum absolute atomic E-state index is 12.0. The van der Waals surface area contributed by atoms with Crippen LogP contribution in [0.5, 0.6) is 0 Å². The van der Waals surface area contributed by atoms with E-state index in [1.807, 2.05) is 31.2 Å². The van der Waals surface area contributed by atoms with Crippen LogP contribution in [0.15, 0.2) is 24.3 Å². The van der Waals surface area contributed by atoms with Crippen molar-refractivity contribution in [3.05, 3.63) is 35.4 Å². The molecule has 0 spiro atoms. The first-order chi connectivity index (χ1) is 10.2. The van der Waals surface area contributed by atoms with Crippen LogP contribution in [0.25, 0.3) is 0 Å². The minimum atomic E-state index is -0.152. The molecule has 0 bridgehead atoms. The Labute approximate surface area is 126 Å². The van der Waals surface area contributed by atoms with Crippen molar-refractivity contribution < 1.29 is 14.6 Å². The number of hydrogen-bond donors (Lipinski definition) is 1. The Kier molecular flexibility index (Phi) is 8.18. The Morgan fingerprint density at radius 3 is 2.90 bits per heavy atom. The van der Waals surface area contributed by atoms with Crippen LogP contribution in [-0.4, -0.2) is 42.8 Å². The molecule has 1 aromatic carbocycles. The summed E-state index contributed by atoms with van der Waals surface area (Å²) in [5.74, 6) is 5.55. The predicted octanol–water partition coefficient (Wildman–Crippen LogP) is 1.81. The summed E-state index contributed by atoms with van der Waals surface area (Å²) in [6.45, 7) is 3.60. The maximum atomic E-state index is 12.0. The molecule has 1 N–H and O–H groups in total. The van der Waals surface area contributed by atoms with Gasteiger partial charge in [0.05, 0.1) is 13.0 Å². The van der Waals surface area contributed by atoms with E-state index in [-0.39, 0.29) is 12.5 Å². The first-order valence-corrected chi connectivity index (χ1v) is 7.17. The van der Waals surface area contributed by atoms with Gasteiger partial charge in [-0.05, 0) is 24.1 Å². The minimum Gasteiger partial charge on any atom is -0.384 e. The largest absolute Gasteiger partial charge is 0.384 e. The van der Waals surface area contributed by atoms with Gasteiger partial charge < -0.3 is 14.7 Å². The van der Waals surface area contributed by atoms with Crippen molar-refractivity contribution in [1.29, 1.82) is 0 Å². The van der Waals surface area contributed by atoms with Crippen LogP contribution in [0.4, 0.5) is 0 Å². The van der Waals surface area contributed by atoms with Crippen LogP contribution in [0.1, 0.15) is 30.9 Å². The summed E-state index contributed by atoms with van der Waals surface area (Å²) in [5.41, 5.74) is 1.86. The van der Waals surface area contributed by atoms with E-state index in [0.717, 1.165) is 17.5 Å². The average Bonchev–Trinajstić information content (AvgIpc) is 2.49. The van der Waals surface area contributed by atoms with E-state index in [2.05, 4.69) is 11.8 Å². The van der Waals surface area contributed by atoms with Gasteiger partial charge >= 0.3 is 0 Å². The second-order valence-corrected chi connectivity index (χ2v) is 4.77. The predicted molar refractivity (Wildman–Crippen MR) is 82.6 cm³/mol. The molecule has 1 aromatic rings. The zero-order valence-corrected chi connectivity index (χ0v) is 12.8. The van der Waals surface area contributed by atoms with Gasteiger partial charge in [-0.15, -0.1) is 0 Å². The Bertz CT molecular complexity index is 502. The van der Waals surface area contributed by atoms with E-state index in [9.17, 15) is 4.79 Å². The summed E-state index contributed by atoms with van der Waals surface area (Å²) < 4.78 is 5.33. The molecule has 0 heterocycles. The third kappa shape index (κ3) is 6.94. The first-order valence-electron chi connectivity index (χ1n) is 7.17. The molecule has 0 aromatic heterocycles. The molecule has 0 unspecified atom stereocenters. The van der Waals surface area contributed by atoms with Gasteiger partial charge in [0.15, 0.2) is 0 Å². The Morgan fingerprint density at radius 2 is 2.19 bits per heavy atom. The number of benzene rings is 1. The molecule has 21 heavy (non-hydrogen) atoms. The quantitative estimate of drug-likeness (QED) is 0.615. The summed E-state index contributed by atoms with van der Waals surface area (Å²) in [4.78, 5) is 13.6. The molecule has 0 atom stereocenters. The van der Waals surface area contributed by atoms with Crippen molar-refractivity contribution in [1.82, 2.24) is 4.90 Å². The topological polar surface area (TPSA) is 49.8 Å². The molecular formula is C17H23NO3. The monoisotopic (exact) mass is 289 g/mol. The molecule has 4 nitrogen and oxygen atoms in total. The average molecular weight is 289 g/mol. The molecule has 0 fully saturated rings. The molecule has 0 saturated heterocycles. The lowest BCUT2D eigenvalue weighted by Crippen LogP contribution is -2.27. The fourth-order valence-corrected chi connectivity index (χ4v) is 1.85. The van der Waals surface area contributed by atoms with E-state index in [1.54, 1.807) is 11.9 Å². The van der Waals surface area contributed by atoms with Gasteiger partial charge in [0.1, 0.15) is 6.61 Å². The molecule has 0 radical (unpaired) electrons. The SMILES string of the molecule is CCCOCCC(=O)N(C)Cc1cccc(C#CCO)c1. The molecule has 4 heteroatoms. The van der Waals surface area contributed by atoms with Crippen LogP contribution < -0.4 is 0 Å². The number of hydrogen-bond acceptors (Lipinski definition) is 3. The number of aliphatic hydroxyl groups is 1. The van der Waals surface area contributed by atoms with Crippen molar-refractivity contribution >= 4 is 5.91 Å². The number of amides is 1. The summed E-state index contributed by atoms with van der Waals surface area (Å²) in [5, 5.41) is 8.70. The molecule has 0 saturated carbocycles. The normalized spacial score (nSPS) is 9.86. The van der Waals surface area contributed by atoms with Crippen molar-refractivity contribution in [2.45, 2.75) is 26.3 Å². The van der Waals surface area contributed by atoms with E-state index in [0.29, 0.717) is 26.2 Å². The third-order valence-corrected chi connectivity index (χ3v) is 2.89. The number of carbonyl (C=O) groups excluding carboxylic acids is 1. The van der Waals surface area contributed by atoms with Crippen LogP contribution >= 0.6 is 0 Å². The van der Waals surface area contributed by atoms with Gasteiger partial charge in [0.25, 0.3) is 0 Å². The molecule has 0 aliphatic rings. The van der Waals surface area contributed by atoms with E-state index in [4.69, 9.17) is 9.84 Å². The summed E-state index contributed by atoms with van der Waals surface area (Å²) in [7, 11) is 1.79. The zero-order chi connectivity index (χ0) is 15.5. The Balaban J connectivity index is 2.50. The number of carbonyl (C=O) groups is 1. The van der Waals surface area contributed by atoms with Gasteiger partial charge in [-0.2, -0.15) is 0 Å². The van der Waals surface area contributed by atoms with Crippen LogP contribution in [0, 0.1) is 11.8 Å². The lowest BCUT2D eigenvalue weighted by Gasteiger charge is -2.17. The zero-order valence-electron chi connectivity index (χ0n) is 12.8. The maximum Gasteiger partial charge on any atom is 0.224 e. The third-order valence-electron chi connectivity index (χ3n) is 2.89. The van der Waals surface area contributed by atoms with Crippen molar-refractivity contribution in [2.75, 3.05) is 26.9 Å². The molecule has 1 amide bonds. The smallest absolute Gasteiger partial charge is 0.224 e. The molecular weight excluding hydrogens is 266 g/mol. The highest BCUT2D eigenvalue weighted by molar-refractivity contribution is 5.75. The lowest BCUT2D eigenvalue weighted by atomic mass is 10.1. The number of aliphatic hydroxyl groups excluding tert-OH is 1. The fourth-order valence-electron chi connectivity index (χ4n) is 1.85. The second kappa shape index (κ2) is 9.98. The molecule has 0 aliphatic heterocycles. The highest BCUT2D eigenvalue weighted by Gasteiger charge is 2.09. The van der Waals surface area contributed by atoms with Crippen LogP contribution in [-0.2, 0) is 16.1 Å². The van der Waals surface area contributed by atoms with Gasteiger partial charge in [0.2, 0.25) is 5.91 Å². The lowest BCUT2D eigenvalue weighted by molar-refractivity contribution is -0.131. The first kappa shape index (κ1) is 17.2. The Morgan fingerprint density at radius 1 is 1.38 bits per heavy atom. The Hall–Kier alpha value is -1.83. The van der Waals surface area contributed by atoms with Gasteiger partial charge in [0, 0.05) is 25.8 Å². The summed E-state index contributed by atoms with van der Waals surface area (Å²) >= 11 is 0. The van der Waals surface area contributed by atoms with Crippen molar-refractivity contribution in [2.24, 2.45) is 0 Å². The van der Waals surface area contributed by atoms with Crippen LogP contribution in [0.3, 0.4) is 0 Å². The standard InChI is InChI=1S/C17H23NO3/c1-3-11-21-12-9-17(20)18(2)14-16-7-4-6-15(13-16)8-5-10-19/h4,6-7,13,19H,3,9-12,14H2,1-2H3. The van der Waals surface area contributed by atoms with E-state index < -0.39 is 0 Å². The number of ether oxygens (including phenoxy) is 1. The van der Waals surface area contributed by atoms with Crippen molar-refractivity contribution in [3.63, 3.8) is 0 Å². The minimum absolute atomic E-state index is 0.0675. The van der Waals surface area contributed by atoms with E-state index in [1.165, 1.54) is 0 Å². The second-order valence-electron chi connectivity index (χ2n) is 4.77. The van der Waals surface area contributed by atoms with Crippen molar-refractivity contribution in [3.8, 4) is 11.8 Å². The van der Waals surface area contributed by atoms with Crippen LogP contribution in [0.2, 0.25) is 0 Å². The van der Waals surface area contributed by atoms with E-state index >= 15 is 0 Å². The highest BCUT2D eigenvalue weighted by Crippen LogP contribution is 2.08. The van der Waals surface area contributed by atoms with Gasteiger partial charge in [-0.25, -0.2) is 0 Å². The molecule has 114 valence electrons. The van der Waals surface area contributed by atoms with Gasteiger partial charge in [-0.3, -0.25) is 4.79 Å². The highest BCUT2D eigenvalue weighted by atomic mass is 16.5. The fraction of sp³-hybridized carbons (Fsp3) is 0.471. The molecule has 0 aliphatic carbocycles. The summed E-state index contributed by atoms with van der Waals surface area (Å²) in [6.07, 6.45) is 1.37. The summed E-state index contributed by atoms with van der Waals surface area (Å²) in [6, 6.07) is 7.67. The number of nitrogens with zero attached hydrogens (tertiary/aromatic N) is 1. The van der Waals surface area contributed by atoms with Gasteiger partial charge in [-0.1, -0.05) is 30.9 Å². The number of rotatable bonds is 7.